The zero-order valence-corrected chi connectivity index (χ0v) is 32.0. The van der Waals surface area contributed by atoms with Gasteiger partial charge in [-0.05, 0) is 85.8 Å². The second-order valence-electron chi connectivity index (χ2n) is 15.1. The molecule has 0 amide bonds. The number of benzene rings is 8. The van der Waals surface area contributed by atoms with E-state index in [0.29, 0.717) is 28.6 Å². The van der Waals surface area contributed by atoms with Gasteiger partial charge >= 0.3 is 0 Å². The lowest BCUT2D eigenvalue weighted by molar-refractivity contribution is 0.669. The first kappa shape index (κ1) is 33.1. The van der Waals surface area contributed by atoms with E-state index in [1.807, 2.05) is 30.0 Å². The van der Waals surface area contributed by atoms with Crippen molar-refractivity contribution in [1.29, 1.82) is 0 Å². The lowest BCUT2D eigenvalue weighted by atomic mass is 9.90. The molecule has 2 atom stereocenters. The highest BCUT2D eigenvalue weighted by molar-refractivity contribution is 8.00. The molecule has 5 heteroatoms. The van der Waals surface area contributed by atoms with E-state index in [-0.39, 0.29) is 0 Å². The summed E-state index contributed by atoms with van der Waals surface area (Å²) in [7, 11) is 0. The summed E-state index contributed by atoms with van der Waals surface area (Å²) in [4.78, 5) is 16.7. The predicted octanol–water partition coefficient (Wildman–Crippen LogP) is 14.0. The Hall–Kier alpha value is -7.08. The Morgan fingerprint density at radius 2 is 1.17 bits per heavy atom. The second-order valence-corrected chi connectivity index (χ2v) is 16.3. The Morgan fingerprint density at radius 1 is 0.466 bits per heavy atom. The molecule has 2 aliphatic rings. The van der Waals surface area contributed by atoms with Crippen LogP contribution in [-0.4, -0.2) is 20.2 Å². The molecule has 12 rings (SSSR count). The van der Waals surface area contributed by atoms with Gasteiger partial charge in [0.05, 0.1) is 0 Å². The summed E-state index contributed by atoms with van der Waals surface area (Å²) < 4.78 is 6.53. The van der Waals surface area contributed by atoms with Gasteiger partial charge in [0.2, 0.25) is 0 Å². The molecular formula is C53H33N3OS. The van der Waals surface area contributed by atoms with Gasteiger partial charge in [0.1, 0.15) is 11.2 Å². The molecule has 8 aromatic carbocycles. The monoisotopic (exact) mass is 759 g/mol. The van der Waals surface area contributed by atoms with Crippen LogP contribution in [0.5, 0.6) is 0 Å². The van der Waals surface area contributed by atoms with Crippen LogP contribution in [-0.2, 0) is 0 Å². The number of thioether (sulfide) groups is 1. The van der Waals surface area contributed by atoms with Gasteiger partial charge in [0.15, 0.2) is 17.5 Å². The quantitative estimate of drug-likeness (QED) is 0.164. The molecule has 2 aromatic heterocycles. The fourth-order valence-corrected chi connectivity index (χ4v) is 10.3. The Kier molecular flexibility index (Phi) is 7.57. The summed E-state index contributed by atoms with van der Waals surface area (Å²) in [6.45, 7) is 0. The largest absolute Gasteiger partial charge is 0.456 e. The Morgan fingerprint density at radius 3 is 2.09 bits per heavy atom. The normalized spacial score (nSPS) is 15.9. The van der Waals surface area contributed by atoms with Crippen molar-refractivity contribution in [3.05, 3.63) is 199 Å². The number of nitrogens with zero attached hydrogens (tertiary/aromatic N) is 3. The molecule has 0 spiro atoms. The van der Waals surface area contributed by atoms with Crippen molar-refractivity contribution in [3.8, 4) is 45.0 Å². The Bertz CT molecular complexity index is 3350. The maximum absolute atomic E-state index is 6.53. The highest BCUT2D eigenvalue weighted by Gasteiger charge is 2.32. The number of aromatic nitrogens is 3. The van der Waals surface area contributed by atoms with E-state index < -0.39 is 0 Å². The molecule has 0 radical (unpaired) electrons. The summed E-state index contributed by atoms with van der Waals surface area (Å²) >= 11 is 1.92. The van der Waals surface area contributed by atoms with Gasteiger partial charge in [-0.2, -0.15) is 0 Å². The summed E-state index contributed by atoms with van der Waals surface area (Å²) in [6, 6.07) is 60.1. The highest BCUT2D eigenvalue weighted by Crippen LogP contribution is 2.49. The summed E-state index contributed by atoms with van der Waals surface area (Å²) in [5, 5.41) is 7.45. The van der Waals surface area contributed by atoms with Crippen LogP contribution in [0.1, 0.15) is 17.3 Å². The lowest BCUT2D eigenvalue weighted by Crippen LogP contribution is -2.11. The number of allylic oxidation sites excluding steroid dienone is 3. The molecule has 3 heterocycles. The first-order valence-electron chi connectivity index (χ1n) is 19.7. The third kappa shape index (κ3) is 5.42. The SMILES string of the molecule is C1=CC2c3ccccc3SC2C=C1c1nc(-c2ccccc2)nc(-c2cccc(-c3cccc4oc5ccc(-c6cc7ccccc7c7ccccc67)cc5c34)c2)n1. The van der Waals surface area contributed by atoms with E-state index in [4.69, 9.17) is 19.4 Å². The van der Waals surface area contributed by atoms with E-state index >= 15 is 0 Å². The van der Waals surface area contributed by atoms with Gasteiger partial charge in [-0.1, -0.05) is 152 Å². The van der Waals surface area contributed by atoms with Gasteiger partial charge in [0, 0.05) is 43.5 Å². The van der Waals surface area contributed by atoms with Crippen LogP contribution < -0.4 is 0 Å². The van der Waals surface area contributed by atoms with Crippen molar-refractivity contribution in [3.63, 3.8) is 0 Å². The van der Waals surface area contributed by atoms with Gasteiger partial charge in [-0.15, -0.1) is 11.8 Å². The number of hydrogen-bond donors (Lipinski definition) is 0. The number of hydrogen-bond acceptors (Lipinski definition) is 5. The van der Waals surface area contributed by atoms with Crippen LogP contribution >= 0.6 is 11.8 Å². The zero-order valence-electron chi connectivity index (χ0n) is 31.2. The van der Waals surface area contributed by atoms with Crippen molar-refractivity contribution in [2.75, 3.05) is 0 Å². The molecular weight excluding hydrogens is 727 g/mol. The smallest absolute Gasteiger partial charge is 0.164 e. The fourth-order valence-electron chi connectivity index (χ4n) is 8.90. The lowest BCUT2D eigenvalue weighted by Gasteiger charge is -2.19. The molecule has 0 saturated carbocycles. The number of furan rings is 1. The predicted molar refractivity (Wildman–Crippen MR) is 240 cm³/mol. The van der Waals surface area contributed by atoms with Crippen molar-refractivity contribution in [2.45, 2.75) is 16.1 Å². The average Bonchev–Trinajstić information content (AvgIpc) is 3.87. The second kappa shape index (κ2) is 13.3. The summed E-state index contributed by atoms with van der Waals surface area (Å²) in [5.41, 5.74) is 10.5. The van der Waals surface area contributed by atoms with Crippen LogP contribution in [0.15, 0.2) is 197 Å². The number of rotatable bonds is 5. The topological polar surface area (TPSA) is 51.8 Å². The molecule has 0 saturated heterocycles. The third-order valence-corrected chi connectivity index (χ3v) is 13.0. The average molecular weight is 760 g/mol. The first-order valence-corrected chi connectivity index (χ1v) is 20.5. The van der Waals surface area contributed by atoms with E-state index in [2.05, 4.69) is 170 Å². The Labute approximate surface area is 339 Å². The van der Waals surface area contributed by atoms with Crippen molar-refractivity contribution < 1.29 is 4.42 Å². The molecule has 10 aromatic rings. The minimum absolute atomic E-state index is 0.298. The maximum atomic E-state index is 6.53. The minimum atomic E-state index is 0.298. The molecule has 0 fully saturated rings. The van der Waals surface area contributed by atoms with E-state index in [1.165, 1.54) is 37.6 Å². The van der Waals surface area contributed by atoms with Gasteiger partial charge < -0.3 is 4.42 Å². The zero-order chi connectivity index (χ0) is 38.2. The van der Waals surface area contributed by atoms with Gasteiger partial charge in [0.25, 0.3) is 0 Å². The minimum Gasteiger partial charge on any atom is -0.456 e. The highest BCUT2D eigenvalue weighted by atomic mass is 32.2. The molecule has 272 valence electrons. The third-order valence-electron chi connectivity index (χ3n) is 11.7. The summed E-state index contributed by atoms with van der Waals surface area (Å²) in [6.07, 6.45) is 6.84. The maximum Gasteiger partial charge on any atom is 0.164 e. The summed E-state index contributed by atoms with van der Waals surface area (Å²) in [5.74, 6) is 2.32. The molecule has 1 aliphatic heterocycles. The van der Waals surface area contributed by atoms with Crippen LogP contribution in [0, 0.1) is 0 Å². The van der Waals surface area contributed by atoms with E-state index in [1.54, 1.807) is 0 Å². The number of fused-ring (bicyclic) bond motifs is 9. The molecule has 2 unspecified atom stereocenters. The fraction of sp³-hybridized carbons (Fsp3) is 0.0377. The van der Waals surface area contributed by atoms with Crippen LogP contribution in [0.25, 0.3) is 94.1 Å². The molecule has 1 aliphatic carbocycles. The molecule has 58 heavy (non-hydrogen) atoms. The first-order chi connectivity index (χ1) is 28.7. The van der Waals surface area contributed by atoms with E-state index in [0.717, 1.165) is 55.3 Å². The standard InChI is InChI=1S/C53H33N3OS/c1-2-12-32(13-3-1)51-54-52(56-53(55-51)37-24-26-43-42-20-8-9-23-48(42)58-49(43)31-37)36-16-10-15-33(28-36)39-21-11-22-47-50(39)45-30-35(25-27-46(45)57-47)44-29-34-14-4-5-17-38(34)40-18-6-7-19-41(40)44/h1-31,43,49H. The van der Waals surface area contributed by atoms with Crippen molar-refractivity contribution in [2.24, 2.45) is 0 Å². The van der Waals surface area contributed by atoms with E-state index in [9.17, 15) is 0 Å². The van der Waals surface area contributed by atoms with Crippen molar-refractivity contribution in [1.82, 2.24) is 15.0 Å². The van der Waals surface area contributed by atoms with Crippen LogP contribution in [0.3, 0.4) is 0 Å². The Balaban J connectivity index is 0.982. The van der Waals surface area contributed by atoms with Crippen LogP contribution in [0.2, 0.25) is 0 Å². The van der Waals surface area contributed by atoms with Crippen LogP contribution in [0.4, 0.5) is 0 Å². The van der Waals surface area contributed by atoms with Gasteiger partial charge in [-0.3, -0.25) is 0 Å². The molecule has 0 bridgehead atoms. The molecule has 0 N–H and O–H groups in total. The van der Waals surface area contributed by atoms with Gasteiger partial charge in [-0.25, -0.2) is 15.0 Å². The molecule has 4 nitrogen and oxygen atoms in total. The van der Waals surface area contributed by atoms with Crippen molar-refractivity contribution >= 4 is 60.8 Å².